The van der Waals surface area contributed by atoms with Crippen LogP contribution in [0.15, 0.2) is 18.3 Å². The van der Waals surface area contributed by atoms with Crippen molar-refractivity contribution in [1.29, 1.82) is 0 Å². The van der Waals surface area contributed by atoms with Gasteiger partial charge in [0.2, 0.25) is 0 Å². The molecule has 1 heterocycles. The van der Waals surface area contributed by atoms with E-state index >= 15 is 0 Å². The molecule has 0 spiro atoms. The first-order chi connectivity index (χ1) is 8.74. The number of H-pyrrole nitrogens is 1. The van der Waals surface area contributed by atoms with E-state index in [1.807, 2.05) is 12.1 Å². The molecule has 0 saturated heterocycles. The highest BCUT2D eigenvalue weighted by Gasteiger charge is 2.11. The van der Waals surface area contributed by atoms with Crippen LogP contribution in [0.2, 0.25) is 10.0 Å². The zero-order valence-electron chi connectivity index (χ0n) is 10.4. The molecule has 0 atom stereocenters. The van der Waals surface area contributed by atoms with Crippen LogP contribution in [0.5, 0.6) is 5.75 Å². The molecule has 2 aromatic rings. The van der Waals surface area contributed by atoms with Crippen LogP contribution >= 0.6 is 23.2 Å². The van der Waals surface area contributed by atoms with Crippen LogP contribution in [0.1, 0.15) is 32.6 Å². The number of ether oxygens (including phenoxy) is 1. The number of benzene rings is 1. The van der Waals surface area contributed by atoms with Gasteiger partial charge in [-0.15, -0.1) is 0 Å². The molecule has 0 radical (unpaired) electrons. The summed E-state index contributed by atoms with van der Waals surface area (Å²) < 4.78 is 5.80. The zero-order valence-corrected chi connectivity index (χ0v) is 11.9. The molecular weight excluding hydrogens is 269 g/mol. The number of fused-ring (bicyclic) bond motifs is 1. The summed E-state index contributed by atoms with van der Waals surface area (Å²) in [4.78, 5) is 3.06. The van der Waals surface area contributed by atoms with Gasteiger partial charge in [0.15, 0.2) is 0 Å². The lowest BCUT2D eigenvalue weighted by molar-refractivity contribution is 0.308. The van der Waals surface area contributed by atoms with Crippen LogP contribution in [0, 0.1) is 0 Å². The largest absolute Gasteiger partial charge is 0.493 e. The standard InChI is InChI=1S/C14H17Cl2NO/c1-2-3-4-5-8-18-12-7-6-10(15)14-13(12)11(16)9-17-14/h6-7,9,17H,2-5,8H2,1H3. The fraction of sp³-hybridized carbons (Fsp3) is 0.429. The normalized spacial score (nSPS) is 11.1. The first-order valence-electron chi connectivity index (χ1n) is 6.32. The number of aromatic nitrogens is 1. The Bertz CT molecular complexity index is 522. The van der Waals surface area contributed by atoms with Gasteiger partial charge in [-0.05, 0) is 18.6 Å². The van der Waals surface area contributed by atoms with Gasteiger partial charge in [0.05, 0.1) is 27.6 Å². The Morgan fingerprint density at radius 2 is 1.94 bits per heavy atom. The maximum Gasteiger partial charge on any atom is 0.130 e. The number of hydrogen-bond acceptors (Lipinski definition) is 1. The highest BCUT2D eigenvalue weighted by molar-refractivity contribution is 6.40. The van der Waals surface area contributed by atoms with Crippen LogP contribution in [0.4, 0.5) is 0 Å². The quantitative estimate of drug-likeness (QED) is 0.703. The first-order valence-corrected chi connectivity index (χ1v) is 7.07. The molecule has 0 aliphatic rings. The van der Waals surface area contributed by atoms with Crippen molar-refractivity contribution < 1.29 is 4.74 Å². The third-order valence-electron chi connectivity index (χ3n) is 2.95. The molecule has 2 nitrogen and oxygen atoms in total. The average molecular weight is 286 g/mol. The summed E-state index contributed by atoms with van der Waals surface area (Å²) in [6.07, 6.45) is 6.50. The molecule has 0 bridgehead atoms. The number of nitrogens with one attached hydrogen (secondary N) is 1. The molecule has 0 aliphatic carbocycles. The second kappa shape index (κ2) is 6.35. The molecule has 1 N–H and O–H groups in total. The molecule has 4 heteroatoms. The Kier molecular flexibility index (Phi) is 4.79. The average Bonchev–Trinajstić information content (AvgIpc) is 2.75. The molecule has 0 saturated carbocycles. The summed E-state index contributed by atoms with van der Waals surface area (Å²) in [5.74, 6) is 0.803. The summed E-state index contributed by atoms with van der Waals surface area (Å²) in [5, 5.41) is 2.19. The van der Waals surface area contributed by atoms with E-state index in [1.54, 1.807) is 6.20 Å². The van der Waals surface area contributed by atoms with E-state index in [1.165, 1.54) is 19.3 Å². The number of halogens is 2. The van der Waals surface area contributed by atoms with E-state index in [0.29, 0.717) is 10.0 Å². The van der Waals surface area contributed by atoms with Gasteiger partial charge in [-0.1, -0.05) is 49.4 Å². The minimum Gasteiger partial charge on any atom is -0.493 e. The number of hydrogen-bond donors (Lipinski definition) is 1. The van der Waals surface area contributed by atoms with E-state index in [9.17, 15) is 0 Å². The number of unbranched alkanes of at least 4 members (excludes halogenated alkanes) is 3. The van der Waals surface area contributed by atoms with Gasteiger partial charge in [-0.3, -0.25) is 0 Å². The van der Waals surface area contributed by atoms with Crippen molar-refractivity contribution >= 4 is 34.1 Å². The van der Waals surface area contributed by atoms with Gasteiger partial charge in [0.1, 0.15) is 5.75 Å². The third kappa shape index (κ3) is 2.93. The van der Waals surface area contributed by atoms with Crippen molar-refractivity contribution in [1.82, 2.24) is 4.98 Å². The smallest absolute Gasteiger partial charge is 0.130 e. The summed E-state index contributed by atoms with van der Waals surface area (Å²) in [7, 11) is 0. The van der Waals surface area contributed by atoms with Crippen molar-refractivity contribution in [3.8, 4) is 5.75 Å². The lowest BCUT2D eigenvalue weighted by atomic mass is 10.2. The monoisotopic (exact) mass is 285 g/mol. The lowest BCUT2D eigenvalue weighted by Crippen LogP contribution is -1.97. The lowest BCUT2D eigenvalue weighted by Gasteiger charge is -2.08. The Balaban J connectivity index is 2.09. The minimum absolute atomic E-state index is 0.649. The number of aromatic amines is 1. The second-order valence-electron chi connectivity index (χ2n) is 4.34. The Morgan fingerprint density at radius 3 is 2.72 bits per heavy atom. The third-order valence-corrected chi connectivity index (χ3v) is 3.57. The fourth-order valence-electron chi connectivity index (χ4n) is 1.98. The number of rotatable bonds is 6. The van der Waals surface area contributed by atoms with E-state index in [-0.39, 0.29) is 0 Å². The van der Waals surface area contributed by atoms with Gasteiger partial charge in [-0.2, -0.15) is 0 Å². The Morgan fingerprint density at radius 1 is 1.11 bits per heavy atom. The molecule has 98 valence electrons. The molecule has 18 heavy (non-hydrogen) atoms. The van der Waals surface area contributed by atoms with Crippen molar-refractivity contribution in [2.75, 3.05) is 6.61 Å². The van der Waals surface area contributed by atoms with Gasteiger partial charge >= 0.3 is 0 Å². The molecule has 2 rings (SSSR count). The van der Waals surface area contributed by atoms with Crippen molar-refractivity contribution in [2.24, 2.45) is 0 Å². The van der Waals surface area contributed by atoms with E-state index in [2.05, 4.69) is 11.9 Å². The topological polar surface area (TPSA) is 25.0 Å². The maximum atomic E-state index is 6.14. The fourth-order valence-corrected chi connectivity index (χ4v) is 2.43. The SMILES string of the molecule is CCCCCCOc1ccc(Cl)c2[nH]cc(Cl)c12. The van der Waals surface area contributed by atoms with Crippen LogP contribution in [-0.4, -0.2) is 11.6 Å². The van der Waals surface area contributed by atoms with Gasteiger partial charge in [0.25, 0.3) is 0 Å². The predicted molar refractivity (Wildman–Crippen MR) is 78.0 cm³/mol. The van der Waals surface area contributed by atoms with Crippen LogP contribution in [0.25, 0.3) is 10.9 Å². The first kappa shape index (κ1) is 13.6. The van der Waals surface area contributed by atoms with Gasteiger partial charge in [-0.25, -0.2) is 0 Å². The molecule has 0 aliphatic heterocycles. The molecule has 0 unspecified atom stereocenters. The Hall–Kier alpha value is -0.860. The summed E-state index contributed by atoms with van der Waals surface area (Å²) in [5.41, 5.74) is 0.840. The molecule has 1 aromatic carbocycles. The molecular formula is C14H17Cl2NO. The highest BCUT2D eigenvalue weighted by atomic mass is 35.5. The summed E-state index contributed by atoms with van der Waals surface area (Å²) >= 11 is 12.2. The minimum atomic E-state index is 0.649. The molecule has 1 aromatic heterocycles. The predicted octanol–water partition coefficient (Wildman–Crippen LogP) is 5.43. The van der Waals surface area contributed by atoms with Crippen LogP contribution in [0.3, 0.4) is 0 Å². The summed E-state index contributed by atoms with van der Waals surface area (Å²) in [6, 6.07) is 3.71. The van der Waals surface area contributed by atoms with Crippen molar-refractivity contribution in [3.05, 3.63) is 28.4 Å². The van der Waals surface area contributed by atoms with Gasteiger partial charge < -0.3 is 9.72 Å². The Labute approximate surface area is 117 Å². The van der Waals surface area contributed by atoms with Crippen molar-refractivity contribution in [3.63, 3.8) is 0 Å². The van der Waals surface area contributed by atoms with Crippen LogP contribution in [-0.2, 0) is 0 Å². The highest BCUT2D eigenvalue weighted by Crippen LogP contribution is 2.36. The molecule has 0 amide bonds. The zero-order chi connectivity index (χ0) is 13.0. The summed E-state index contributed by atoms with van der Waals surface area (Å²) in [6.45, 7) is 2.92. The van der Waals surface area contributed by atoms with Crippen LogP contribution < -0.4 is 4.74 Å². The maximum absolute atomic E-state index is 6.14. The molecule has 0 fully saturated rings. The van der Waals surface area contributed by atoms with E-state index < -0.39 is 0 Å². The van der Waals surface area contributed by atoms with E-state index in [0.717, 1.165) is 29.7 Å². The van der Waals surface area contributed by atoms with E-state index in [4.69, 9.17) is 27.9 Å². The second-order valence-corrected chi connectivity index (χ2v) is 5.16. The van der Waals surface area contributed by atoms with Gasteiger partial charge in [0, 0.05) is 6.20 Å². The van der Waals surface area contributed by atoms with Crippen molar-refractivity contribution in [2.45, 2.75) is 32.6 Å².